The molecule has 3 N–H and O–H groups in total. The summed E-state index contributed by atoms with van der Waals surface area (Å²) >= 11 is 0. The molecule has 0 spiro atoms. The molecule has 21 heavy (non-hydrogen) atoms. The Hall–Kier alpha value is -2.71. The first-order chi connectivity index (χ1) is 9.90. The highest BCUT2D eigenvalue weighted by Gasteiger charge is 2.27. The number of amides is 1. The molecule has 0 aliphatic carbocycles. The number of carboxylic acid groups (broad SMARTS) is 1. The van der Waals surface area contributed by atoms with E-state index in [1.807, 2.05) is 0 Å². The molecule has 8 nitrogen and oxygen atoms in total. The lowest BCUT2D eigenvalue weighted by Crippen LogP contribution is -2.44. The third-order valence-corrected chi connectivity index (χ3v) is 3.13. The van der Waals surface area contributed by atoms with Crippen LogP contribution in [0.4, 0.5) is 15.8 Å². The maximum Gasteiger partial charge on any atom is 0.342 e. The zero-order valence-corrected chi connectivity index (χ0v) is 10.8. The van der Waals surface area contributed by atoms with Crippen LogP contribution in [0, 0.1) is 15.9 Å². The van der Waals surface area contributed by atoms with Crippen molar-refractivity contribution in [2.45, 2.75) is 18.9 Å². The number of carboxylic acids is 1. The summed E-state index contributed by atoms with van der Waals surface area (Å²) in [5.41, 5.74) is -1.72. The summed E-state index contributed by atoms with van der Waals surface area (Å²) in [5.74, 6) is -2.85. The van der Waals surface area contributed by atoms with Crippen LogP contribution in [-0.4, -0.2) is 34.5 Å². The van der Waals surface area contributed by atoms with Crippen LogP contribution in [0.15, 0.2) is 12.1 Å². The number of anilines is 1. The average molecular weight is 297 g/mol. The molecule has 1 unspecified atom stereocenters. The van der Waals surface area contributed by atoms with Gasteiger partial charge >= 0.3 is 5.97 Å². The fraction of sp³-hybridized carbons (Fsp3) is 0.333. The Bertz CT molecular complexity index is 619. The molecule has 2 rings (SSSR count). The van der Waals surface area contributed by atoms with Crippen LogP contribution in [0.25, 0.3) is 0 Å². The molecule has 1 aromatic rings. The van der Waals surface area contributed by atoms with Crippen molar-refractivity contribution in [1.82, 2.24) is 5.32 Å². The van der Waals surface area contributed by atoms with Gasteiger partial charge in [-0.15, -0.1) is 0 Å². The molecule has 112 valence electrons. The molecule has 9 heteroatoms. The van der Waals surface area contributed by atoms with E-state index in [2.05, 4.69) is 10.6 Å². The molecule has 1 fully saturated rings. The van der Waals surface area contributed by atoms with Crippen molar-refractivity contribution in [3.8, 4) is 0 Å². The maximum absolute atomic E-state index is 13.8. The molecule has 0 saturated carbocycles. The second kappa shape index (κ2) is 5.73. The topological polar surface area (TPSA) is 122 Å². The van der Waals surface area contributed by atoms with Gasteiger partial charge in [-0.3, -0.25) is 14.9 Å². The van der Waals surface area contributed by atoms with Crippen LogP contribution in [0.5, 0.6) is 0 Å². The number of aromatic carboxylic acids is 1. The van der Waals surface area contributed by atoms with Gasteiger partial charge in [0.1, 0.15) is 11.6 Å². The van der Waals surface area contributed by atoms with Crippen LogP contribution in [-0.2, 0) is 4.79 Å². The molecule has 1 saturated heterocycles. The normalized spacial score (nSPS) is 18.0. The third-order valence-electron chi connectivity index (χ3n) is 3.13. The van der Waals surface area contributed by atoms with Crippen LogP contribution in [0.2, 0.25) is 0 Å². The number of benzene rings is 1. The third kappa shape index (κ3) is 3.07. The SMILES string of the molecule is O=C(O)c1cc(NC2CCCNC2=O)c(F)cc1[N+](=O)[O-]. The van der Waals surface area contributed by atoms with E-state index in [-0.39, 0.29) is 11.6 Å². The maximum atomic E-state index is 13.8. The molecule has 1 heterocycles. The van der Waals surface area contributed by atoms with E-state index in [9.17, 15) is 24.1 Å². The number of hydrogen-bond donors (Lipinski definition) is 3. The lowest BCUT2D eigenvalue weighted by Gasteiger charge is -2.24. The predicted molar refractivity (Wildman–Crippen MR) is 69.7 cm³/mol. The van der Waals surface area contributed by atoms with E-state index in [4.69, 9.17) is 5.11 Å². The van der Waals surface area contributed by atoms with E-state index < -0.39 is 34.0 Å². The number of carbonyl (C=O) groups is 2. The van der Waals surface area contributed by atoms with E-state index in [1.54, 1.807) is 0 Å². The number of hydrogen-bond acceptors (Lipinski definition) is 5. The average Bonchev–Trinajstić information content (AvgIpc) is 2.42. The molecule has 0 bridgehead atoms. The molecular weight excluding hydrogens is 285 g/mol. The lowest BCUT2D eigenvalue weighted by molar-refractivity contribution is -0.385. The Kier molecular flexibility index (Phi) is 4.01. The number of rotatable bonds is 4. The smallest absolute Gasteiger partial charge is 0.342 e. The molecule has 1 aliphatic rings. The standard InChI is InChI=1S/C12H12FN3O5/c13-7-5-10(16(20)21)6(12(18)19)4-9(7)15-8-2-1-3-14-11(8)17/h4-5,8,15H,1-3H2,(H,14,17)(H,18,19). The van der Waals surface area contributed by atoms with E-state index >= 15 is 0 Å². The van der Waals surface area contributed by atoms with Gasteiger partial charge in [0, 0.05) is 6.54 Å². The van der Waals surface area contributed by atoms with E-state index in [0.717, 1.165) is 6.07 Å². The van der Waals surface area contributed by atoms with Gasteiger partial charge in [-0.1, -0.05) is 0 Å². The van der Waals surface area contributed by atoms with Crippen molar-refractivity contribution in [2.24, 2.45) is 0 Å². The van der Waals surface area contributed by atoms with Gasteiger partial charge < -0.3 is 15.7 Å². The van der Waals surface area contributed by atoms with Crippen LogP contribution >= 0.6 is 0 Å². The molecule has 1 aliphatic heterocycles. The minimum absolute atomic E-state index is 0.250. The second-order valence-electron chi connectivity index (χ2n) is 4.54. The number of halogens is 1. The number of piperidine rings is 1. The summed E-state index contributed by atoms with van der Waals surface area (Å²) in [6, 6.07) is 0.667. The number of nitrogens with one attached hydrogen (secondary N) is 2. The largest absolute Gasteiger partial charge is 0.477 e. The Morgan fingerprint density at radius 3 is 2.81 bits per heavy atom. The minimum atomic E-state index is -1.54. The van der Waals surface area contributed by atoms with Crippen molar-refractivity contribution >= 4 is 23.3 Å². The van der Waals surface area contributed by atoms with Crippen LogP contribution in [0.1, 0.15) is 23.2 Å². The Balaban J connectivity index is 2.35. The fourth-order valence-electron chi connectivity index (χ4n) is 2.09. The first-order valence-corrected chi connectivity index (χ1v) is 6.15. The van der Waals surface area contributed by atoms with Crippen molar-refractivity contribution in [2.75, 3.05) is 11.9 Å². The number of nitro groups is 1. The van der Waals surface area contributed by atoms with Crippen molar-refractivity contribution < 1.29 is 24.0 Å². The zero-order valence-electron chi connectivity index (χ0n) is 10.8. The van der Waals surface area contributed by atoms with Crippen LogP contribution in [0.3, 0.4) is 0 Å². The van der Waals surface area contributed by atoms with Gasteiger partial charge in [0.15, 0.2) is 5.82 Å². The predicted octanol–water partition coefficient (Wildman–Crippen LogP) is 1.12. The molecule has 1 aromatic carbocycles. The molecule has 1 amide bonds. The lowest BCUT2D eigenvalue weighted by atomic mass is 10.1. The van der Waals surface area contributed by atoms with Crippen molar-refractivity contribution in [3.05, 3.63) is 33.6 Å². The summed E-state index contributed by atoms with van der Waals surface area (Å²) in [6.45, 7) is 0.528. The molecule has 0 aromatic heterocycles. The minimum Gasteiger partial charge on any atom is -0.477 e. The Morgan fingerprint density at radius 2 is 2.24 bits per heavy atom. The van der Waals surface area contributed by atoms with E-state index in [0.29, 0.717) is 25.5 Å². The number of carbonyl (C=O) groups excluding carboxylic acids is 1. The second-order valence-corrected chi connectivity index (χ2v) is 4.54. The Morgan fingerprint density at radius 1 is 1.52 bits per heavy atom. The quantitative estimate of drug-likeness (QED) is 0.565. The zero-order chi connectivity index (χ0) is 15.6. The van der Waals surface area contributed by atoms with Crippen LogP contribution < -0.4 is 10.6 Å². The highest BCUT2D eigenvalue weighted by Crippen LogP contribution is 2.27. The van der Waals surface area contributed by atoms with Crippen molar-refractivity contribution in [1.29, 1.82) is 0 Å². The number of nitro benzene ring substituents is 1. The highest BCUT2D eigenvalue weighted by atomic mass is 19.1. The summed E-state index contributed by atoms with van der Waals surface area (Å²) < 4.78 is 13.8. The monoisotopic (exact) mass is 297 g/mol. The van der Waals surface area contributed by atoms with Gasteiger partial charge in [0.2, 0.25) is 5.91 Å². The van der Waals surface area contributed by atoms with Gasteiger partial charge in [-0.25, -0.2) is 9.18 Å². The Labute approximate surface area is 118 Å². The summed E-state index contributed by atoms with van der Waals surface area (Å²) in [6.07, 6.45) is 1.16. The first-order valence-electron chi connectivity index (χ1n) is 6.15. The summed E-state index contributed by atoms with van der Waals surface area (Å²) in [4.78, 5) is 32.3. The fourth-order valence-corrected chi connectivity index (χ4v) is 2.09. The van der Waals surface area contributed by atoms with E-state index in [1.165, 1.54) is 0 Å². The highest BCUT2D eigenvalue weighted by molar-refractivity contribution is 5.94. The molecular formula is C12H12FN3O5. The first kappa shape index (κ1) is 14.7. The van der Waals surface area contributed by atoms with Gasteiger partial charge in [0.25, 0.3) is 5.69 Å². The molecule has 0 radical (unpaired) electrons. The molecule has 1 atom stereocenters. The summed E-state index contributed by atoms with van der Waals surface area (Å²) in [7, 11) is 0. The number of nitrogens with zero attached hydrogens (tertiary/aromatic N) is 1. The van der Waals surface area contributed by atoms with Gasteiger partial charge in [-0.05, 0) is 18.9 Å². The summed E-state index contributed by atoms with van der Waals surface area (Å²) in [5, 5.41) is 24.9. The van der Waals surface area contributed by atoms with Gasteiger partial charge in [-0.2, -0.15) is 0 Å². The van der Waals surface area contributed by atoms with Gasteiger partial charge in [0.05, 0.1) is 16.7 Å². The van der Waals surface area contributed by atoms with Crippen molar-refractivity contribution in [3.63, 3.8) is 0 Å².